The Morgan fingerprint density at radius 3 is 2.43 bits per heavy atom. The summed E-state index contributed by atoms with van der Waals surface area (Å²) in [4.78, 5) is 10.3. The SMILES string of the molecule is O=C(O)Cc1ccc(NS(=O)[O-])cc1. The summed E-state index contributed by atoms with van der Waals surface area (Å²) in [5.41, 5.74) is 1.03. The van der Waals surface area contributed by atoms with Crippen LogP contribution in [0.1, 0.15) is 5.56 Å². The van der Waals surface area contributed by atoms with Crippen LogP contribution < -0.4 is 4.72 Å². The lowest BCUT2D eigenvalue weighted by atomic mass is 10.1. The van der Waals surface area contributed by atoms with Gasteiger partial charge < -0.3 is 14.4 Å². The molecule has 1 rings (SSSR count). The predicted octanol–water partition coefficient (Wildman–Crippen LogP) is 0.520. The number of nitrogens with one attached hydrogen (secondary N) is 1. The van der Waals surface area contributed by atoms with Gasteiger partial charge in [0, 0.05) is 17.0 Å². The van der Waals surface area contributed by atoms with Gasteiger partial charge in [-0.05, 0) is 17.7 Å². The quantitative estimate of drug-likeness (QED) is 0.715. The maximum atomic E-state index is 10.3. The number of aliphatic carboxylic acids is 1. The van der Waals surface area contributed by atoms with E-state index in [0.717, 1.165) is 0 Å². The van der Waals surface area contributed by atoms with E-state index in [0.29, 0.717) is 11.3 Å². The van der Waals surface area contributed by atoms with Gasteiger partial charge in [0.1, 0.15) is 0 Å². The van der Waals surface area contributed by atoms with E-state index in [1.807, 2.05) is 0 Å². The third-order valence-corrected chi connectivity index (χ3v) is 1.91. The minimum atomic E-state index is -2.35. The van der Waals surface area contributed by atoms with Crippen LogP contribution >= 0.6 is 0 Å². The Kier molecular flexibility index (Phi) is 3.61. The fourth-order valence-electron chi connectivity index (χ4n) is 0.961. The Bertz CT molecular complexity index is 314. The average Bonchev–Trinajstić information content (AvgIpc) is 2.06. The third kappa shape index (κ3) is 3.55. The number of anilines is 1. The number of hydrogen-bond acceptors (Lipinski definition) is 3. The average molecular weight is 214 g/mol. The molecule has 1 atom stereocenters. The molecular formula is C8H8NO4S-. The maximum absolute atomic E-state index is 10.3. The molecule has 0 amide bonds. The Hall–Kier alpha value is -1.40. The van der Waals surface area contributed by atoms with Crippen molar-refractivity contribution in [1.29, 1.82) is 0 Å². The largest absolute Gasteiger partial charge is 0.755 e. The van der Waals surface area contributed by atoms with Gasteiger partial charge in [0.25, 0.3) is 0 Å². The molecule has 76 valence electrons. The number of carboxylic acid groups (broad SMARTS) is 1. The van der Waals surface area contributed by atoms with Gasteiger partial charge in [-0.3, -0.25) is 9.00 Å². The second-order valence-corrected chi connectivity index (χ2v) is 3.28. The van der Waals surface area contributed by atoms with E-state index in [2.05, 4.69) is 4.72 Å². The lowest BCUT2D eigenvalue weighted by Gasteiger charge is -2.08. The molecule has 0 spiro atoms. The molecule has 1 unspecified atom stereocenters. The molecule has 6 heteroatoms. The zero-order valence-electron chi connectivity index (χ0n) is 7.10. The van der Waals surface area contributed by atoms with Gasteiger partial charge in [0.05, 0.1) is 6.42 Å². The lowest BCUT2D eigenvalue weighted by molar-refractivity contribution is -0.136. The third-order valence-electron chi connectivity index (χ3n) is 1.51. The molecule has 0 aliphatic rings. The van der Waals surface area contributed by atoms with Crippen molar-refractivity contribution in [3.05, 3.63) is 29.8 Å². The van der Waals surface area contributed by atoms with Crippen LogP contribution in [0.2, 0.25) is 0 Å². The van der Waals surface area contributed by atoms with Gasteiger partial charge in [-0.2, -0.15) is 0 Å². The summed E-state index contributed by atoms with van der Waals surface area (Å²) >= 11 is -2.35. The maximum Gasteiger partial charge on any atom is 0.307 e. The van der Waals surface area contributed by atoms with Crippen LogP contribution in [0.15, 0.2) is 24.3 Å². The zero-order valence-corrected chi connectivity index (χ0v) is 7.91. The van der Waals surface area contributed by atoms with Crippen molar-refractivity contribution in [1.82, 2.24) is 0 Å². The van der Waals surface area contributed by atoms with Gasteiger partial charge in [0.2, 0.25) is 0 Å². The second kappa shape index (κ2) is 4.73. The van der Waals surface area contributed by atoms with Crippen LogP contribution in [0.3, 0.4) is 0 Å². The van der Waals surface area contributed by atoms with Crippen molar-refractivity contribution in [2.24, 2.45) is 0 Å². The van der Waals surface area contributed by atoms with Gasteiger partial charge in [-0.25, -0.2) is 0 Å². The summed E-state index contributed by atoms with van der Waals surface area (Å²) in [6.45, 7) is 0. The number of carbonyl (C=O) groups is 1. The first-order chi connectivity index (χ1) is 6.58. The zero-order chi connectivity index (χ0) is 10.6. The first kappa shape index (κ1) is 10.7. The molecule has 0 saturated carbocycles. The van der Waals surface area contributed by atoms with E-state index in [1.165, 1.54) is 12.1 Å². The van der Waals surface area contributed by atoms with E-state index >= 15 is 0 Å². The fraction of sp³-hybridized carbons (Fsp3) is 0.125. The molecule has 0 fully saturated rings. The summed E-state index contributed by atoms with van der Waals surface area (Å²) in [5, 5.41) is 8.47. The Morgan fingerprint density at radius 2 is 2.00 bits per heavy atom. The summed E-state index contributed by atoms with van der Waals surface area (Å²) in [6.07, 6.45) is -0.0687. The van der Waals surface area contributed by atoms with Gasteiger partial charge in [0.15, 0.2) is 0 Å². The molecule has 0 saturated heterocycles. The summed E-state index contributed by atoms with van der Waals surface area (Å²) in [6, 6.07) is 6.13. The Labute approximate surface area is 83.2 Å². The van der Waals surface area contributed by atoms with Crippen molar-refractivity contribution in [2.45, 2.75) is 6.42 Å². The molecule has 1 aromatic rings. The van der Waals surface area contributed by atoms with Crippen LogP contribution in [0.5, 0.6) is 0 Å². The molecule has 0 aliphatic heterocycles. The van der Waals surface area contributed by atoms with E-state index in [1.54, 1.807) is 12.1 Å². The van der Waals surface area contributed by atoms with E-state index < -0.39 is 17.2 Å². The monoisotopic (exact) mass is 214 g/mol. The van der Waals surface area contributed by atoms with Crippen LogP contribution in [-0.2, 0) is 22.5 Å². The Morgan fingerprint density at radius 1 is 1.43 bits per heavy atom. The molecule has 1 aromatic carbocycles. The molecule has 5 nitrogen and oxygen atoms in total. The van der Waals surface area contributed by atoms with Gasteiger partial charge in [-0.1, -0.05) is 12.1 Å². The first-order valence-corrected chi connectivity index (χ1v) is 4.82. The fourth-order valence-corrected chi connectivity index (χ4v) is 1.29. The smallest absolute Gasteiger partial charge is 0.307 e. The molecule has 0 heterocycles. The minimum absolute atomic E-state index is 0.0687. The minimum Gasteiger partial charge on any atom is -0.755 e. The van der Waals surface area contributed by atoms with Crippen molar-refractivity contribution in [3.63, 3.8) is 0 Å². The molecular weight excluding hydrogens is 206 g/mol. The second-order valence-electron chi connectivity index (χ2n) is 2.60. The number of carboxylic acids is 1. The highest BCUT2D eigenvalue weighted by Gasteiger charge is 1.99. The van der Waals surface area contributed by atoms with Crippen molar-refractivity contribution >= 4 is 22.9 Å². The molecule has 2 N–H and O–H groups in total. The topological polar surface area (TPSA) is 89.5 Å². The predicted molar refractivity (Wildman–Crippen MR) is 50.3 cm³/mol. The number of benzene rings is 1. The summed E-state index contributed by atoms with van der Waals surface area (Å²) in [5.74, 6) is -0.918. The van der Waals surface area contributed by atoms with E-state index in [4.69, 9.17) is 5.11 Å². The van der Waals surface area contributed by atoms with Crippen LogP contribution in [-0.4, -0.2) is 19.8 Å². The number of rotatable bonds is 4. The number of hydrogen-bond donors (Lipinski definition) is 2. The molecule has 0 bridgehead atoms. The molecule has 0 radical (unpaired) electrons. The van der Waals surface area contributed by atoms with Crippen LogP contribution in [0, 0.1) is 0 Å². The molecule has 14 heavy (non-hydrogen) atoms. The van der Waals surface area contributed by atoms with Crippen LogP contribution in [0.4, 0.5) is 5.69 Å². The molecule has 0 aromatic heterocycles. The van der Waals surface area contributed by atoms with Gasteiger partial charge >= 0.3 is 5.97 Å². The molecule has 0 aliphatic carbocycles. The summed E-state index contributed by atoms with van der Waals surface area (Å²) in [7, 11) is 0. The highest BCUT2D eigenvalue weighted by Crippen LogP contribution is 2.10. The lowest BCUT2D eigenvalue weighted by Crippen LogP contribution is -2.03. The van der Waals surface area contributed by atoms with Gasteiger partial charge in [-0.15, -0.1) is 0 Å². The normalized spacial score (nSPS) is 12.1. The first-order valence-electron chi connectivity index (χ1n) is 3.74. The van der Waals surface area contributed by atoms with Crippen molar-refractivity contribution < 1.29 is 18.7 Å². The van der Waals surface area contributed by atoms with E-state index in [9.17, 15) is 13.6 Å². The summed E-state index contributed by atoms with van der Waals surface area (Å²) < 4.78 is 22.6. The standard InChI is InChI=1S/C8H9NO4S/c10-8(11)5-6-1-3-7(4-2-6)9-14(12)13/h1-4,9H,5H2,(H,10,11)(H,12,13)/p-1. The highest BCUT2D eigenvalue weighted by molar-refractivity contribution is 7.80. The van der Waals surface area contributed by atoms with E-state index in [-0.39, 0.29) is 6.42 Å². The highest BCUT2D eigenvalue weighted by atomic mass is 32.2. The Balaban J connectivity index is 2.68. The van der Waals surface area contributed by atoms with Crippen molar-refractivity contribution in [2.75, 3.05) is 4.72 Å². The van der Waals surface area contributed by atoms with Crippen molar-refractivity contribution in [3.8, 4) is 0 Å². The van der Waals surface area contributed by atoms with Crippen LogP contribution in [0.25, 0.3) is 0 Å².